The molecule has 3 aromatic rings. The SMILES string of the molecule is COc1ccc(NC(=O)NCCNc2ccc(Nc3ccncc3)nn2)cc1. The lowest BCUT2D eigenvalue weighted by atomic mass is 10.3. The molecule has 144 valence electrons. The lowest BCUT2D eigenvalue weighted by Crippen LogP contribution is -2.32. The fourth-order valence-electron chi connectivity index (χ4n) is 2.29. The van der Waals surface area contributed by atoms with Gasteiger partial charge in [0.2, 0.25) is 0 Å². The van der Waals surface area contributed by atoms with Crippen molar-refractivity contribution in [1.82, 2.24) is 20.5 Å². The van der Waals surface area contributed by atoms with Gasteiger partial charge in [-0.05, 0) is 48.5 Å². The average Bonchev–Trinajstić information content (AvgIpc) is 2.74. The molecule has 9 nitrogen and oxygen atoms in total. The second kappa shape index (κ2) is 9.72. The Bertz CT molecular complexity index is 871. The van der Waals surface area contributed by atoms with Gasteiger partial charge in [0.1, 0.15) is 11.6 Å². The summed E-state index contributed by atoms with van der Waals surface area (Å²) < 4.78 is 5.08. The quantitative estimate of drug-likeness (QED) is 0.445. The highest BCUT2D eigenvalue weighted by molar-refractivity contribution is 5.89. The first-order valence-corrected chi connectivity index (χ1v) is 8.66. The van der Waals surface area contributed by atoms with E-state index in [0.29, 0.717) is 30.4 Å². The van der Waals surface area contributed by atoms with Gasteiger partial charge in [-0.1, -0.05) is 0 Å². The number of aromatic nitrogens is 3. The molecular formula is C19H21N7O2. The van der Waals surface area contributed by atoms with Gasteiger partial charge in [0.15, 0.2) is 5.82 Å². The number of hydrogen-bond donors (Lipinski definition) is 4. The van der Waals surface area contributed by atoms with Crippen LogP contribution in [0.3, 0.4) is 0 Å². The van der Waals surface area contributed by atoms with Crippen LogP contribution in [0.2, 0.25) is 0 Å². The Labute approximate surface area is 162 Å². The fourth-order valence-corrected chi connectivity index (χ4v) is 2.29. The van der Waals surface area contributed by atoms with Gasteiger partial charge < -0.3 is 26.0 Å². The molecule has 0 atom stereocenters. The molecule has 0 aliphatic rings. The third-order valence-electron chi connectivity index (χ3n) is 3.68. The Morgan fingerprint density at radius 3 is 2.29 bits per heavy atom. The Kier molecular flexibility index (Phi) is 6.56. The van der Waals surface area contributed by atoms with Crippen molar-refractivity contribution in [2.45, 2.75) is 0 Å². The molecule has 2 heterocycles. The molecule has 0 bridgehead atoms. The van der Waals surface area contributed by atoms with Gasteiger partial charge in [0, 0.05) is 36.9 Å². The summed E-state index contributed by atoms with van der Waals surface area (Å²) in [5.74, 6) is 1.99. The lowest BCUT2D eigenvalue weighted by Gasteiger charge is -2.09. The number of carbonyl (C=O) groups excluding carboxylic acids is 1. The van der Waals surface area contributed by atoms with Gasteiger partial charge in [-0.25, -0.2) is 4.79 Å². The Morgan fingerprint density at radius 2 is 1.61 bits per heavy atom. The van der Waals surface area contributed by atoms with Crippen LogP contribution in [-0.4, -0.2) is 41.4 Å². The van der Waals surface area contributed by atoms with E-state index in [1.165, 1.54) is 0 Å². The molecule has 9 heteroatoms. The number of rotatable bonds is 8. The van der Waals surface area contributed by atoms with Crippen LogP contribution in [0.5, 0.6) is 5.75 Å². The number of urea groups is 1. The molecule has 0 saturated carbocycles. The van der Waals surface area contributed by atoms with E-state index < -0.39 is 0 Å². The molecular weight excluding hydrogens is 358 g/mol. The molecule has 0 saturated heterocycles. The van der Waals surface area contributed by atoms with Crippen LogP contribution >= 0.6 is 0 Å². The Balaban J connectivity index is 1.37. The largest absolute Gasteiger partial charge is 0.497 e. The number of pyridine rings is 1. The normalized spacial score (nSPS) is 10.0. The van der Waals surface area contributed by atoms with Crippen molar-refractivity contribution in [1.29, 1.82) is 0 Å². The van der Waals surface area contributed by atoms with Gasteiger partial charge in [-0.15, -0.1) is 10.2 Å². The molecule has 3 rings (SSSR count). The first-order valence-electron chi connectivity index (χ1n) is 8.66. The summed E-state index contributed by atoms with van der Waals surface area (Å²) in [5.41, 5.74) is 1.58. The third-order valence-corrected chi connectivity index (χ3v) is 3.68. The molecule has 0 fully saturated rings. The number of ether oxygens (including phenoxy) is 1. The van der Waals surface area contributed by atoms with Crippen LogP contribution in [0.4, 0.5) is 27.8 Å². The van der Waals surface area contributed by atoms with Crippen molar-refractivity contribution in [3.63, 3.8) is 0 Å². The molecule has 0 aliphatic carbocycles. The number of benzene rings is 1. The molecule has 2 amide bonds. The maximum atomic E-state index is 11.9. The zero-order valence-corrected chi connectivity index (χ0v) is 15.3. The summed E-state index contributed by atoms with van der Waals surface area (Å²) in [5, 5.41) is 19.9. The van der Waals surface area contributed by atoms with E-state index in [1.807, 2.05) is 24.3 Å². The Morgan fingerprint density at radius 1 is 0.893 bits per heavy atom. The van der Waals surface area contributed by atoms with Crippen molar-refractivity contribution < 1.29 is 9.53 Å². The van der Waals surface area contributed by atoms with Gasteiger partial charge in [0.05, 0.1) is 7.11 Å². The predicted octanol–water partition coefficient (Wildman–Crippen LogP) is 2.86. The molecule has 0 unspecified atom stereocenters. The van der Waals surface area contributed by atoms with E-state index in [1.54, 1.807) is 43.8 Å². The average molecular weight is 379 g/mol. The third kappa shape index (κ3) is 5.84. The van der Waals surface area contributed by atoms with Crippen molar-refractivity contribution in [3.8, 4) is 5.75 Å². The van der Waals surface area contributed by atoms with Crippen LogP contribution in [0.1, 0.15) is 0 Å². The van der Waals surface area contributed by atoms with E-state index in [0.717, 1.165) is 11.4 Å². The molecule has 4 N–H and O–H groups in total. The van der Waals surface area contributed by atoms with Crippen LogP contribution in [0.15, 0.2) is 60.9 Å². The number of amides is 2. The topological polar surface area (TPSA) is 113 Å². The number of nitrogens with one attached hydrogen (secondary N) is 4. The molecule has 0 radical (unpaired) electrons. The highest BCUT2D eigenvalue weighted by Crippen LogP contribution is 2.15. The summed E-state index contributed by atoms with van der Waals surface area (Å²) >= 11 is 0. The maximum absolute atomic E-state index is 11.9. The van der Waals surface area contributed by atoms with Crippen LogP contribution in [-0.2, 0) is 0 Å². The maximum Gasteiger partial charge on any atom is 0.319 e. The number of methoxy groups -OCH3 is 1. The van der Waals surface area contributed by atoms with Gasteiger partial charge >= 0.3 is 6.03 Å². The minimum atomic E-state index is -0.282. The molecule has 2 aromatic heterocycles. The first-order chi connectivity index (χ1) is 13.7. The highest BCUT2D eigenvalue weighted by Gasteiger charge is 2.02. The molecule has 0 spiro atoms. The van der Waals surface area contributed by atoms with Gasteiger partial charge in [-0.2, -0.15) is 0 Å². The zero-order valence-electron chi connectivity index (χ0n) is 15.3. The second-order valence-corrected chi connectivity index (χ2v) is 5.70. The van der Waals surface area contributed by atoms with Crippen molar-refractivity contribution in [2.75, 3.05) is 36.1 Å². The smallest absolute Gasteiger partial charge is 0.319 e. The molecule has 28 heavy (non-hydrogen) atoms. The Hall–Kier alpha value is -3.88. The van der Waals surface area contributed by atoms with E-state index in [4.69, 9.17) is 4.74 Å². The summed E-state index contributed by atoms with van der Waals surface area (Å²) in [7, 11) is 1.59. The summed E-state index contributed by atoms with van der Waals surface area (Å²) in [6, 6.07) is 14.1. The van der Waals surface area contributed by atoms with Crippen LogP contribution < -0.4 is 26.0 Å². The van der Waals surface area contributed by atoms with Crippen molar-refractivity contribution in [2.24, 2.45) is 0 Å². The van der Waals surface area contributed by atoms with E-state index >= 15 is 0 Å². The predicted molar refractivity (Wildman–Crippen MR) is 108 cm³/mol. The highest BCUT2D eigenvalue weighted by atomic mass is 16.5. The number of carbonyl (C=O) groups is 1. The summed E-state index contributed by atoms with van der Waals surface area (Å²) in [6.45, 7) is 0.947. The molecule has 1 aromatic carbocycles. The van der Waals surface area contributed by atoms with Crippen molar-refractivity contribution >= 4 is 29.0 Å². The van der Waals surface area contributed by atoms with Gasteiger partial charge in [0.25, 0.3) is 0 Å². The number of anilines is 4. The number of nitrogens with zero attached hydrogens (tertiary/aromatic N) is 3. The fraction of sp³-hybridized carbons (Fsp3) is 0.158. The van der Waals surface area contributed by atoms with E-state index in [-0.39, 0.29) is 6.03 Å². The summed E-state index contributed by atoms with van der Waals surface area (Å²) in [6.07, 6.45) is 3.40. The van der Waals surface area contributed by atoms with E-state index in [2.05, 4.69) is 36.4 Å². The monoisotopic (exact) mass is 379 g/mol. The minimum absolute atomic E-state index is 0.282. The standard InChI is InChI=1S/C19H21N7O2/c1-28-16-4-2-14(3-5-16)24-19(27)22-13-12-21-17-6-7-18(26-25-17)23-15-8-10-20-11-9-15/h2-11H,12-13H2,1H3,(H,21,25)(H,20,23,26)(H2,22,24,27). The van der Waals surface area contributed by atoms with Crippen LogP contribution in [0.25, 0.3) is 0 Å². The minimum Gasteiger partial charge on any atom is -0.497 e. The van der Waals surface area contributed by atoms with Crippen LogP contribution in [0, 0.1) is 0 Å². The summed E-state index contributed by atoms with van der Waals surface area (Å²) in [4.78, 5) is 15.8. The number of hydrogen-bond acceptors (Lipinski definition) is 7. The van der Waals surface area contributed by atoms with Crippen molar-refractivity contribution in [3.05, 3.63) is 60.9 Å². The van der Waals surface area contributed by atoms with Gasteiger partial charge in [-0.3, -0.25) is 4.98 Å². The first kappa shape index (κ1) is 18.9. The zero-order chi connectivity index (χ0) is 19.6. The second-order valence-electron chi connectivity index (χ2n) is 5.70. The lowest BCUT2D eigenvalue weighted by molar-refractivity contribution is 0.252. The van der Waals surface area contributed by atoms with E-state index in [9.17, 15) is 4.79 Å². The molecule has 0 aliphatic heterocycles.